The zero-order chi connectivity index (χ0) is 28.5. The van der Waals surface area contributed by atoms with Crippen LogP contribution in [0.4, 0.5) is 13.2 Å². The Morgan fingerprint density at radius 2 is 1.78 bits per heavy atom. The Kier molecular flexibility index (Phi) is 9.44. The highest BCUT2D eigenvalue weighted by Crippen LogP contribution is 2.39. The Bertz CT molecular complexity index is 1170. The average Bonchev–Trinajstić information content (AvgIpc) is 2.98. The van der Waals surface area contributed by atoms with Crippen molar-refractivity contribution in [2.45, 2.75) is 70.9 Å². The molecule has 0 aliphatic carbocycles. The van der Waals surface area contributed by atoms with E-state index in [9.17, 15) is 42.6 Å². The number of carbonyl (C=O) groups excluding carboxylic acids is 2. The van der Waals surface area contributed by atoms with Gasteiger partial charge in [-0.1, -0.05) is 20.8 Å². The van der Waals surface area contributed by atoms with Gasteiger partial charge in [0.05, 0.1) is 24.8 Å². The van der Waals surface area contributed by atoms with Gasteiger partial charge in [0.2, 0.25) is 0 Å². The van der Waals surface area contributed by atoms with Gasteiger partial charge < -0.3 is 19.8 Å². The molecule has 0 saturated carbocycles. The van der Waals surface area contributed by atoms with Crippen LogP contribution in [0.2, 0.25) is 0 Å². The number of aromatic nitrogens is 2. The summed E-state index contributed by atoms with van der Waals surface area (Å²) < 4.78 is 46.2. The second-order valence-electron chi connectivity index (χ2n) is 11.3. The van der Waals surface area contributed by atoms with E-state index in [1.165, 1.54) is 0 Å². The number of halogens is 3. The number of alkyl halides is 3. The van der Waals surface area contributed by atoms with Gasteiger partial charge in [0, 0.05) is 12.6 Å². The van der Waals surface area contributed by atoms with Crippen molar-refractivity contribution in [2.24, 2.45) is 5.41 Å². The maximum atomic E-state index is 13.2. The average molecular weight is 554 g/mol. The molecule has 1 aromatic rings. The third-order valence-corrected chi connectivity index (χ3v) is 7.13. The SMILES string of the molecule is C=P(C)(C)CC[C@H]1O[C@@H](n2cc(CN(CC(=O)CC(C)(C)C)C(=O)C(F)(F)F)c(=O)[nH]c2=O)[C@H](O)[C@@H]1O. The Labute approximate surface area is 212 Å². The van der Waals surface area contributed by atoms with Gasteiger partial charge in [-0.2, -0.15) is 13.2 Å². The Morgan fingerprint density at radius 1 is 1.19 bits per heavy atom. The summed E-state index contributed by atoms with van der Waals surface area (Å²) in [4.78, 5) is 51.5. The number of aromatic amines is 1. The maximum absolute atomic E-state index is 13.2. The predicted octanol–water partition coefficient (Wildman–Crippen LogP) is 1.15. The largest absolute Gasteiger partial charge is 0.471 e. The van der Waals surface area contributed by atoms with E-state index in [-0.39, 0.29) is 11.3 Å². The van der Waals surface area contributed by atoms with Gasteiger partial charge in [0.25, 0.3) is 5.56 Å². The summed E-state index contributed by atoms with van der Waals surface area (Å²) in [6, 6.07) is 0. The molecule has 0 radical (unpaired) electrons. The molecule has 14 heteroatoms. The van der Waals surface area contributed by atoms with Crippen molar-refractivity contribution < 1.29 is 37.7 Å². The number of aliphatic hydroxyl groups excluding tert-OH is 2. The number of ether oxygens (including phenoxy) is 1. The van der Waals surface area contributed by atoms with Crippen LogP contribution in [0.1, 0.15) is 45.4 Å². The molecular formula is C23H35F3N3O7P. The first-order valence-electron chi connectivity index (χ1n) is 11.6. The molecule has 3 N–H and O–H groups in total. The first-order valence-corrected chi connectivity index (χ1v) is 14.7. The quantitative estimate of drug-likeness (QED) is 0.390. The lowest BCUT2D eigenvalue weighted by molar-refractivity contribution is -0.186. The fourth-order valence-electron chi connectivity index (χ4n) is 3.95. The Balaban J connectivity index is 2.38. The number of rotatable bonds is 9. The summed E-state index contributed by atoms with van der Waals surface area (Å²) in [5.74, 6) is -2.97. The standard InChI is InChI=1S/C23H35F3N3O7P/c1-22(2,3)9-14(30)12-28(20(34)23(24,25)26)10-13-11-29(21(35)27-18(13)33)19-17(32)16(31)15(36-19)7-8-37(4,5)6/h11,15-17,19,31-32H,4,7-10,12H2,1-3,5-6H3,(H,27,33,35)/t15-,16-,17-,19-/m1/s1. The van der Waals surface area contributed by atoms with Crippen LogP contribution in [0.15, 0.2) is 15.8 Å². The second kappa shape index (κ2) is 11.3. The molecule has 1 aliphatic heterocycles. The number of aliphatic hydroxyl groups is 2. The van der Waals surface area contributed by atoms with Gasteiger partial charge in [-0.05, 0) is 31.3 Å². The van der Waals surface area contributed by atoms with Gasteiger partial charge in [-0.15, -0.1) is 13.2 Å². The number of hydrogen-bond donors (Lipinski definition) is 3. The van der Waals surface area contributed by atoms with Crippen molar-refractivity contribution in [3.8, 4) is 0 Å². The van der Waals surface area contributed by atoms with Gasteiger partial charge in [-0.3, -0.25) is 23.9 Å². The summed E-state index contributed by atoms with van der Waals surface area (Å²) in [7, 11) is 0. The number of hydrogen-bond acceptors (Lipinski definition) is 7. The van der Waals surface area contributed by atoms with Crippen molar-refractivity contribution in [2.75, 3.05) is 26.0 Å². The molecule has 1 aliphatic rings. The van der Waals surface area contributed by atoms with Crippen LogP contribution < -0.4 is 11.2 Å². The van der Waals surface area contributed by atoms with Crippen LogP contribution in [0, 0.1) is 5.41 Å². The summed E-state index contributed by atoms with van der Waals surface area (Å²) >= 11 is 0. The lowest BCUT2D eigenvalue weighted by atomic mass is 9.90. The molecule has 1 aromatic heterocycles. The number of Topliss-reactive ketones (excluding diaryl/α,β-unsaturated/α-hetero) is 1. The summed E-state index contributed by atoms with van der Waals surface area (Å²) in [6.45, 7) is 5.74. The molecule has 0 aromatic carbocycles. The van der Waals surface area contributed by atoms with E-state index in [4.69, 9.17) is 4.74 Å². The number of carbonyl (C=O) groups is 2. The van der Waals surface area contributed by atoms with Crippen molar-refractivity contribution in [1.82, 2.24) is 14.5 Å². The first-order chi connectivity index (χ1) is 16.7. The molecule has 0 spiro atoms. The molecule has 0 unspecified atom stereocenters. The normalized spacial score (nSPS) is 22.8. The van der Waals surface area contributed by atoms with Crippen molar-refractivity contribution >= 4 is 24.9 Å². The molecule has 2 rings (SSSR count). The van der Waals surface area contributed by atoms with Crippen LogP contribution in [-0.4, -0.2) is 93.2 Å². The van der Waals surface area contributed by atoms with E-state index in [1.807, 2.05) is 18.3 Å². The monoisotopic (exact) mass is 553 g/mol. The molecule has 37 heavy (non-hydrogen) atoms. The number of H-pyrrole nitrogens is 1. The highest BCUT2D eigenvalue weighted by Gasteiger charge is 2.45. The van der Waals surface area contributed by atoms with Crippen LogP contribution in [0.5, 0.6) is 0 Å². The topological polar surface area (TPSA) is 142 Å². The van der Waals surface area contributed by atoms with E-state index in [0.29, 0.717) is 12.6 Å². The summed E-state index contributed by atoms with van der Waals surface area (Å²) in [5.41, 5.74) is -3.10. The molecule has 10 nitrogen and oxygen atoms in total. The molecule has 1 saturated heterocycles. The van der Waals surface area contributed by atoms with Gasteiger partial charge >= 0.3 is 17.8 Å². The fraction of sp³-hybridized carbons (Fsp3) is 0.696. The lowest BCUT2D eigenvalue weighted by Crippen LogP contribution is -2.45. The van der Waals surface area contributed by atoms with Crippen molar-refractivity contribution in [3.05, 3.63) is 32.6 Å². The molecular weight excluding hydrogens is 518 g/mol. The van der Waals surface area contributed by atoms with Gasteiger partial charge in [0.1, 0.15) is 12.2 Å². The van der Waals surface area contributed by atoms with E-state index in [0.717, 1.165) is 10.8 Å². The fourth-order valence-corrected chi connectivity index (χ4v) is 4.90. The molecule has 2 heterocycles. The van der Waals surface area contributed by atoms with Crippen molar-refractivity contribution in [1.29, 1.82) is 0 Å². The van der Waals surface area contributed by atoms with Crippen LogP contribution in [-0.2, 0) is 20.9 Å². The van der Waals surface area contributed by atoms with Crippen LogP contribution >= 0.6 is 6.89 Å². The molecule has 0 bridgehead atoms. The smallest absolute Gasteiger partial charge is 0.388 e. The minimum atomic E-state index is -5.31. The van der Waals surface area contributed by atoms with E-state index in [1.54, 1.807) is 20.8 Å². The molecule has 1 amide bonds. The van der Waals surface area contributed by atoms with E-state index < -0.39 is 84.6 Å². The highest BCUT2D eigenvalue weighted by atomic mass is 31.2. The highest BCUT2D eigenvalue weighted by molar-refractivity contribution is 7.72. The molecule has 210 valence electrons. The van der Waals surface area contributed by atoms with E-state index in [2.05, 4.69) is 6.30 Å². The maximum Gasteiger partial charge on any atom is 0.471 e. The predicted molar refractivity (Wildman–Crippen MR) is 133 cm³/mol. The minimum absolute atomic E-state index is 0.113. The third kappa shape index (κ3) is 8.66. The van der Waals surface area contributed by atoms with E-state index >= 15 is 0 Å². The number of nitrogens with one attached hydrogen (secondary N) is 1. The number of ketones is 1. The second-order valence-corrected chi connectivity index (χ2v) is 15.6. The zero-order valence-electron chi connectivity index (χ0n) is 21.5. The van der Waals surface area contributed by atoms with Gasteiger partial charge in [-0.25, -0.2) is 4.79 Å². The van der Waals surface area contributed by atoms with Crippen LogP contribution in [0.3, 0.4) is 0 Å². The van der Waals surface area contributed by atoms with Crippen molar-refractivity contribution in [3.63, 3.8) is 0 Å². The molecule has 1 fully saturated rings. The Morgan fingerprint density at radius 3 is 2.30 bits per heavy atom. The number of nitrogens with zero attached hydrogens (tertiary/aromatic N) is 2. The minimum Gasteiger partial charge on any atom is -0.388 e. The van der Waals surface area contributed by atoms with Crippen LogP contribution in [0.25, 0.3) is 0 Å². The lowest BCUT2D eigenvalue weighted by Gasteiger charge is -2.25. The Hall–Kier alpha value is -2.21. The number of amides is 1. The third-order valence-electron chi connectivity index (χ3n) is 5.66. The summed E-state index contributed by atoms with van der Waals surface area (Å²) in [6.07, 6.45) is -4.75. The molecule has 4 atom stereocenters. The summed E-state index contributed by atoms with van der Waals surface area (Å²) in [5, 5.41) is 20.9. The van der Waals surface area contributed by atoms with Gasteiger partial charge in [0.15, 0.2) is 12.0 Å². The first kappa shape index (κ1) is 31.0. The zero-order valence-corrected chi connectivity index (χ0v) is 22.4.